The van der Waals surface area contributed by atoms with E-state index in [1.54, 1.807) is 26.8 Å². The minimum absolute atomic E-state index is 0. The summed E-state index contributed by atoms with van der Waals surface area (Å²) in [5.74, 6) is 0.326. The van der Waals surface area contributed by atoms with Crippen molar-refractivity contribution in [2.24, 2.45) is 4.99 Å². The summed E-state index contributed by atoms with van der Waals surface area (Å²) in [5, 5.41) is 6.18. The van der Waals surface area contributed by atoms with E-state index in [0.717, 1.165) is 5.56 Å². The Hall–Kier alpha value is -0.900. The van der Waals surface area contributed by atoms with Crippen molar-refractivity contribution in [3.8, 4) is 0 Å². The highest BCUT2D eigenvalue weighted by Gasteiger charge is 2.28. The first-order valence-corrected chi connectivity index (χ1v) is 10.5. The molecule has 0 saturated carbocycles. The predicted molar refractivity (Wildman–Crippen MR) is 122 cm³/mol. The van der Waals surface area contributed by atoms with Crippen LogP contribution >= 0.6 is 24.0 Å². The Morgan fingerprint density at radius 1 is 1.15 bits per heavy atom. The SMILES string of the molecule is CCNC(=NCC(C)(C)c1cccc(F)c1)NCCS(=O)(=O)C(C)(C)C.I. The molecule has 0 radical (unpaired) electrons. The first-order valence-electron chi connectivity index (χ1n) is 8.89. The van der Waals surface area contributed by atoms with Gasteiger partial charge in [0.05, 0.1) is 17.0 Å². The molecule has 1 aromatic carbocycles. The van der Waals surface area contributed by atoms with Gasteiger partial charge >= 0.3 is 0 Å². The second-order valence-electron chi connectivity index (χ2n) is 7.95. The van der Waals surface area contributed by atoms with E-state index in [1.807, 2.05) is 26.8 Å². The molecule has 0 saturated heterocycles. The molecule has 8 heteroatoms. The topological polar surface area (TPSA) is 70.6 Å². The molecule has 0 aliphatic rings. The lowest BCUT2D eigenvalue weighted by atomic mass is 9.85. The van der Waals surface area contributed by atoms with Crippen LogP contribution in [0.4, 0.5) is 4.39 Å². The van der Waals surface area contributed by atoms with Crippen molar-refractivity contribution < 1.29 is 12.8 Å². The Labute approximate surface area is 180 Å². The number of guanidine groups is 1. The lowest BCUT2D eigenvalue weighted by molar-refractivity contribution is 0.529. The van der Waals surface area contributed by atoms with Crippen LogP contribution in [0.15, 0.2) is 29.3 Å². The maximum absolute atomic E-state index is 13.5. The lowest BCUT2D eigenvalue weighted by Gasteiger charge is -2.24. The molecular weight excluding hydrogens is 480 g/mol. The van der Waals surface area contributed by atoms with Crippen LogP contribution in [0.5, 0.6) is 0 Å². The fraction of sp³-hybridized carbons (Fsp3) is 0.632. The molecule has 0 unspecified atom stereocenters. The first kappa shape index (κ1) is 26.1. The van der Waals surface area contributed by atoms with Crippen molar-refractivity contribution >= 4 is 39.8 Å². The normalized spacial score (nSPS) is 13.1. The number of nitrogens with one attached hydrogen (secondary N) is 2. The minimum atomic E-state index is -3.19. The van der Waals surface area contributed by atoms with E-state index in [2.05, 4.69) is 15.6 Å². The van der Waals surface area contributed by atoms with Crippen LogP contribution in [0.3, 0.4) is 0 Å². The smallest absolute Gasteiger partial charge is 0.191 e. The fourth-order valence-electron chi connectivity index (χ4n) is 2.23. The number of hydrogen-bond acceptors (Lipinski definition) is 3. The van der Waals surface area contributed by atoms with Crippen LogP contribution in [0, 0.1) is 5.82 Å². The molecule has 0 aromatic heterocycles. The summed E-state index contributed by atoms with van der Waals surface area (Å²) in [6.45, 7) is 12.4. The number of rotatable bonds is 7. The minimum Gasteiger partial charge on any atom is -0.357 e. The van der Waals surface area contributed by atoms with E-state index in [4.69, 9.17) is 0 Å². The number of benzene rings is 1. The molecule has 0 heterocycles. The third-order valence-corrected chi connectivity index (χ3v) is 6.79. The Morgan fingerprint density at radius 2 is 1.78 bits per heavy atom. The van der Waals surface area contributed by atoms with Gasteiger partial charge in [0.15, 0.2) is 15.8 Å². The lowest BCUT2D eigenvalue weighted by Crippen LogP contribution is -2.42. The maximum Gasteiger partial charge on any atom is 0.191 e. The zero-order valence-corrected chi connectivity index (χ0v) is 20.2. The van der Waals surface area contributed by atoms with Crippen molar-refractivity contribution in [3.63, 3.8) is 0 Å². The monoisotopic (exact) mass is 513 g/mol. The van der Waals surface area contributed by atoms with Gasteiger partial charge in [-0.15, -0.1) is 24.0 Å². The summed E-state index contributed by atoms with van der Waals surface area (Å²) in [6.07, 6.45) is 0. The van der Waals surface area contributed by atoms with Crippen LogP contribution in [0.25, 0.3) is 0 Å². The van der Waals surface area contributed by atoms with Crippen LogP contribution in [0.1, 0.15) is 47.1 Å². The maximum atomic E-state index is 13.5. The highest BCUT2D eigenvalue weighted by molar-refractivity contribution is 14.0. The van der Waals surface area contributed by atoms with Crippen LogP contribution in [0.2, 0.25) is 0 Å². The van der Waals surface area contributed by atoms with Gasteiger partial charge in [-0.3, -0.25) is 4.99 Å². The summed E-state index contributed by atoms with van der Waals surface area (Å²) >= 11 is 0. The summed E-state index contributed by atoms with van der Waals surface area (Å²) in [7, 11) is -3.19. The van der Waals surface area contributed by atoms with Gasteiger partial charge in [-0.25, -0.2) is 12.8 Å². The van der Waals surface area contributed by atoms with Crippen molar-refractivity contribution in [2.45, 2.75) is 51.7 Å². The molecule has 2 N–H and O–H groups in total. The number of sulfone groups is 1. The number of nitrogens with zero attached hydrogens (tertiary/aromatic N) is 1. The number of aliphatic imine (C=N–C) groups is 1. The first-order chi connectivity index (χ1) is 11.9. The number of hydrogen-bond donors (Lipinski definition) is 2. The van der Waals surface area contributed by atoms with Crippen molar-refractivity contribution in [3.05, 3.63) is 35.6 Å². The van der Waals surface area contributed by atoms with Gasteiger partial charge in [0, 0.05) is 18.5 Å². The fourth-order valence-corrected chi connectivity index (χ4v) is 3.21. The van der Waals surface area contributed by atoms with E-state index in [0.29, 0.717) is 19.0 Å². The molecular formula is C19H33FIN3O2S. The summed E-state index contributed by atoms with van der Waals surface area (Å²) in [6, 6.07) is 6.52. The van der Waals surface area contributed by atoms with Crippen molar-refractivity contribution in [2.75, 3.05) is 25.4 Å². The second-order valence-corrected chi connectivity index (χ2v) is 10.8. The summed E-state index contributed by atoms with van der Waals surface area (Å²) in [5.41, 5.74) is 0.523. The summed E-state index contributed by atoms with van der Waals surface area (Å²) < 4.78 is 37.1. The van der Waals surface area contributed by atoms with Gasteiger partial charge in [0.25, 0.3) is 0 Å². The number of halogens is 2. The molecule has 27 heavy (non-hydrogen) atoms. The third kappa shape index (κ3) is 8.33. The highest BCUT2D eigenvalue weighted by atomic mass is 127. The molecule has 5 nitrogen and oxygen atoms in total. The van der Waals surface area contributed by atoms with E-state index >= 15 is 0 Å². The molecule has 1 rings (SSSR count). The Morgan fingerprint density at radius 3 is 2.30 bits per heavy atom. The quantitative estimate of drug-likeness (QED) is 0.333. The van der Waals surface area contributed by atoms with Crippen molar-refractivity contribution in [1.29, 1.82) is 0 Å². The van der Waals surface area contributed by atoms with E-state index in [-0.39, 0.29) is 47.5 Å². The van der Waals surface area contributed by atoms with Gasteiger partial charge in [0.1, 0.15) is 5.82 Å². The third-order valence-electron chi connectivity index (χ3n) is 4.18. The van der Waals surface area contributed by atoms with Crippen LogP contribution in [-0.2, 0) is 15.3 Å². The molecule has 0 aliphatic carbocycles. The van der Waals surface area contributed by atoms with Gasteiger partial charge in [-0.1, -0.05) is 26.0 Å². The average Bonchev–Trinajstić information content (AvgIpc) is 2.51. The van der Waals surface area contributed by atoms with Crippen LogP contribution in [-0.4, -0.2) is 44.5 Å². The Bertz CT molecular complexity index is 729. The highest BCUT2D eigenvalue weighted by Crippen LogP contribution is 2.24. The van der Waals surface area contributed by atoms with Crippen LogP contribution < -0.4 is 10.6 Å². The second kappa shape index (κ2) is 10.6. The molecule has 156 valence electrons. The molecule has 1 aromatic rings. The Balaban J connectivity index is 0.00000676. The van der Waals surface area contributed by atoms with Crippen molar-refractivity contribution in [1.82, 2.24) is 10.6 Å². The zero-order valence-electron chi connectivity index (χ0n) is 17.1. The van der Waals surface area contributed by atoms with Gasteiger partial charge in [0.2, 0.25) is 0 Å². The van der Waals surface area contributed by atoms with Gasteiger partial charge in [-0.05, 0) is 45.4 Å². The van der Waals surface area contributed by atoms with E-state index < -0.39 is 14.6 Å². The molecule has 0 atom stereocenters. The molecule has 0 aliphatic heterocycles. The Kier molecular flexibility index (Phi) is 10.2. The zero-order chi connectivity index (χ0) is 20.0. The molecule has 0 amide bonds. The molecule has 0 spiro atoms. The standard InChI is InChI=1S/C19H32FN3O2S.HI/c1-7-21-17(22-11-12-26(24,25)18(2,3)4)23-14-19(5,6)15-9-8-10-16(20)13-15;/h8-10,13H,7,11-12,14H2,1-6H3,(H2,21,22,23);1H. The van der Waals surface area contributed by atoms with Gasteiger partial charge < -0.3 is 10.6 Å². The predicted octanol–water partition coefficient (Wildman–Crippen LogP) is 3.49. The average molecular weight is 513 g/mol. The largest absolute Gasteiger partial charge is 0.357 e. The van der Waals surface area contributed by atoms with Gasteiger partial charge in [-0.2, -0.15) is 0 Å². The summed E-state index contributed by atoms with van der Waals surface area (Å²) in [4.78, 5) is 4.55. The van der Waals surface area contributed by atoms with E-state index in [1.165, 1.54) is 12.1 Å². The van der Waals surface area contributed by atoms with E-state index in [9.17, 15) is 12.8 Å². The molecule has 0 bridgehead atoms. The molecule has 0 fully saturated rings.